The number of hydrogen-bond acceptors (Lipinski definition) is 5. The summed E-state index contributed by atoms with van der Waals surface area (Å²) in [6.07, 6.45) is 0. The van der Waals surface area contributed by atoms with Gasteiger partial charge < -0.3 is 16.8 Å². The van der Waals surface area contributed by atoms with Crippen molar-refractivity contribution < 1.29 is 14.4 Å². The number of nitrogens with zero attached hydrogens (tertiary/aromatic N) is 3. The van der Waals surface area contributed by atoms with E-state index in [1.807, 2.05) is 0 Å². The van der Waals surface area contributed by atoms with Gasteiger partial charge in [0.2, 0.25) is 11.8 Å². The second-order valence-corrected chi connectivity index (χ2v) is 11.3. The lowest BCUT2D eigenvalue weighted by Gasteiger charge is -2.28. The van der Waals surface area contributed by atoms with E-state index in [1.165, 1.54) is 4.68 Å². The molecule has 38 heavy (non-hydrogen) atoms. The average Bonchev–Trinajstić information content (AvgIpc) is 3.15. The third kappa shape index (κ3) is 6.85. The summed E-state index contributed by atoms with van der Waals surface area (Å²) in [4.78, 5) is 39.2. The molecule has 9 nitrogen and oxygen atoms in total. The minimum Gasteiger partial charge on any atom is -0.369 e. The number of primary amides is 2. The highest BCUT2D eigenvalue weighted by Crippen LogP contribution is 2.34. The van der Waals surface area contributed by atoms with E-state index in [1.54, 1.807) is 75.2 Å². The highest BCUT2D eigenvalue weighted by Gasteiger charge is 2.34. The Bertz CT molecular complexity index is 1370. The molecule has 1 heterocycles. The summed E-state index contributed by atoms with van der Waals surface area (Å²) >= 11 is 18.8. The first-order valence-corrected chi connectivity index (χ1v) is 12.7. The van der Waals surface area contributed by atoms with Crippen molar-refractivity contribution in [1.82, 2.24) is 20.0 Å². The minimum absolute atomic E-state index is 0.0211. The molecule has 3 amide bonds. The van der Waals surface area contributed by atoms with Crippen LogP contribution in [0.3, 0.4) is 0 Å². The maximum Gasteiger partial charge on any atom is 0.272 e. The van der Waals surface area contributed by atoms with Crippen LogP contribution in [0.5, 0.6) is 0 Å². The standard InChI is InChI=1S/C26H29Cl3N6O3/c1-26(2,3)23(24(31)37)32-25(38)21-17(12-34(4)13-20(30)36)22(14-5-7-15(27)8-6-14)35(33-21)19-10-9-16(28)11-18(19)29/h5-11,23H,12-13H2,1-4H3,(H2,30,36)(H2,31,37)(H,32,38). The van der Waals surface area contributed by atoms with Gasteiger partial charge in [-0.1, -0.05) is 67.7 Å². The van der Waals surface area contributed by atoms with Crippen LogP contribution in [0.25, 0.3) is 16.9 Å². The second-order valence-electron chi connectivity index (χ2n) is 10.0. The molecule has 0 saturated heterocycles. The van der Waals surface area contributed by atoms with Gasteiger partial charge in [0.25, 0.3) is 5.91 Å². The Hall–Kier alpha value is -3.11. The predicted octanol–water partition coefficient (Wildman–Crippen LogP) is 4.05. The SMILES string of the molecule is CN(CC(N)=O)Cc1c(C(=O)NC(C(N)=O)C(C)(C)C)nn(-c2ccc(Cl)cc2Cl)c1-c1ccc(Cl)cc1. The summed E-state index contributed by atoms with van der Waals surface area (Å²) in [5.74, 6) is -1.84. The summed E-state index contributed by atoms with van der Waals surface area (Å²) < 4.78 is 1.53. The lowest BCUT2D eigenvalue weighted by Crippen LogP contribution is -2.52. The Kier molecular flexibility index (Phi) is 9.09. The Balaban J connectivity index is 2.30. The zero-order valence-electron chi connectivity index (χ0n) is 21.4. The van der Waals surface area contributed by atoms with Crippen molar-refractivity contribution in [3.8, 4) is 16.9 Å². The highest BCUT2D eigenvalue weighted by molar-refractivity contribution is 6.35. The van der Waals surface area contributed by atoms with Gasteiger partial charge in [-0.3, -0.25) is 19.3 Å². The molecule has 2 aromatic carbocycles. The largest absolute Gasteiger partial charge is 0.369 e. The lowest BCUT2D eigenvalue weighted by molar-refractivity contribution is -0.122. The topological polar surface area (TPSA) is 136 Å². The van der Waals surface area contributed by atoms with Gasteiger partial charge >= 0.3 is 0 Å². The molecule has 3 aromatic rings. The van der Waals surface area contributed by atoms with E-state index in [4.69, 9.17) is 46.3 Å². The van der Waals surface area contributed by atoms with Gasteiger partial charge in [-0.05, 0) is 42.8 Å². The summed E-state index contributed by atoms with van der Waals surface area (Å²) in [5.41, 5.74) is 12.5. The average molecular weight is 580 g/mol. The quantitative estimate of drug-likeness (QED) is 0.351. The van der Waals surface area contributed by atoms with Crippen LogP contribution < -0.4 is 16.8 Å². The zero-order chi connectivity index (χ0) is 28.4. The van der Waals surface area contributed by atoms with Crippen LogP contribution in [-0.4, -0.2) is 52.0 Å². The molecule has 3 rings (SSSR count). The molecular formula is C26H29Cl3N6O3. The fourth-order valence-electron chi connectivity index (χ4n) is 4.02. The van der Waals surface area contributed by atoms with E-state index < -0.39 is 29.2 Å². The molecule has 1 aromatic heterocycles. The van der Waals surface area contributed by atoms with Crippen molar-refractivity contribution in [2.45, 2.75) is 33.4 Å². The predicted molar refractivity (Wildman–Crippen MR) is 149 cm³/mol. The number of carbonyl (C=O) groups excluding carboxylic acids is 3. The maximum absolute atomic E-state index is 13.7. The van der Waals surface area contributed by atoms with E-state index in [-0.39, 0.29) is 18.8 Å². The summed E-state index contributed by atoms with van der Waals surface area (Å²) in [5, 5.41) is 8.61. The number of amides is 3. The molecule has 0 aliphatic heterocycles. The zero-order valence-corrected chi connectivity index (χ0v) is 23.7. The number of halogens is 3. The van der Waals surface area contributed by atoms with Crippen LogP contribution in [-0.2, 0) is 16.1 Å². The van der Waals surface area contributed by atoms with Gasteiger partial charge in [0.15, 0.2) is 5.69 Å². The van der Waals surface area contributed by atoms with Gasteiger partial charge in [0, 0.05) is 27.7 Å². The van der Waals surface area contributed by atoms with Crippen LogP contribution >= 0.6 is 34.8 Å². The number of likely N-dealkylation sites (N-methyl/N-ethyl adjacent to an activating group) is 1. The Morgan fingerprint density at radius 3 is 2.16 bits per heavy atom. The molecular weight excluding hydrogens is 551 g/mol. The molecule has 0 spiro atoms. The number of nitrogens with two attached hydrogens (primary N) is 2. The number of nitrogens with one attached hydrogen (secondary N) is 1. The summed E-state index contributed by atoms with van der Waals surface area (Å²) in [6.45, 7) is 5.41. The monoisotopic (exact) mass is 578 g/mol. The number of benzene rings is 2. The third-order valence-electron chi connectivity index (χ3n) is 5.73. The van der Waals surface area contributed by atoms with E-state index in [2.05, 4.69) is 10.4 Å². The number of carbonyl (C=O) groups is 3. The number of aromatic nitrogens is 2. The minimum atomic E-state index is -0.977. The normalized spacial score (nSPS) is 12.4. The Morgan fingerprint density at radius 2 is 1.63 bits per heavy atom. The Labute approximate surface area is 236 Å². The molecule has 0 aliphatic rings. The van der Waals surface area contributed by atoms with Crippen molar-refractivity contribution in [2.75, 3.05) is 13.6 Å². The van der Waals surface area contributed by atoms with Crippen molar-refractivity contribution >= 4 is 52.5 Å². The second kappa shape index (κ2) is 11.7. The number of rotatable bonds is 9. The van der Waals surface area contributed by atoms with Crippen LogP contribution in [0.4, 0.5) is 0 Å². The van der Waals surface area contributed by atoms with Crippen LogP contribution in [0.15, 0.2) is 42.5 Å². The van der Waals surface area contributed by atoms with E-state index in [0.29, 0.717) is 37.6 Å². The molecule has 0 bridgehead atoms. The van der Waals surface area contributed by atoms with Crippen molar-refractivity contribution in [1.29, 1.82) is 0 Å². The van der Waals surface area contributed by atoms with Gasteiger partial charge in [-0.15, -0.1) is 0 Å². The first-order valence-electron chi connectivity index (χ1n) is 11.6. The Morgan fingerprint density at radius 1 is 1.03 bits per heavy atom. The van der Waals surface area contributed by atoms with E-state index in [9.17, 15) is 14.4 Å². The maximum atomic E-state index is 13.7. The number of hydrogen-bond donors (Lipinski definition) is 3. The molecule has 12 heteroatoms. The van der Waals surface area contributed by atoms with Crippen molar-refractivity contribution in [3.63, 3.8) is 0 Å². The van der Waals surface area contributed by atoms with Crippen molar-refractivity contribution in [3.05, 3.63) is 68.8 Å². The van der Waals surface area contributed by atoms with E-state index in [0.717, 1.165) is 0 Å². The van der Waals surface area contributed by atoms with Crippen LogP contribution in [0, 0.1) is 5.41 Å². The van der Waals surface area contributed by atoms with Crippen LogP contribution in [0.1, 0.15) is 36.8 Å². The van der Waals surface area contributed by atoms with E-state index >= 15 is 0 Å². The molecule has 1 unspecified atom stereocenters. The lowest BCUT2D eigenvalue weighted by atomic mass is 9.86. The van der Waals surface area contributed by atoms with Gasteiger partial charge in [0.1, 0.15) is 6.04 Å². The first kappa shape index (κ1) is 29.4. The van der Waals surface area contributed by atoms with Crippen molar-refractivity contribution in [2.24, 2.45) is 16.9 Å². The molecule has 202 valence electrons. The van der Waals surface area contributed by atoms with Gasteiger partial charge in [-0.2, -0.15) is 5.10 Å². The molecule has 5 N–H and O–H groups in total. The van der Waals surface area contributed by atoms with Gasteiger partial charge in [0.05, 0.1) is 22.9 Å². The van der Waals surface area contributed by atoms with Crippen LogP contribution in [0.2, 0.25) is 15.1 Å². The fourth-order valence-corrected chi connectivity index (χ4v) is 4.63. The third-order valence-corrected chi connectivity index (χ3v) is 6.52. The summed E-state index contributed by atoms with van der Waals surface area (Å²) in [6, 6.07) is 10.9. The molecule has 0 aliphatic carbocycles. The van der Waals surface area contributed by atoms with Gasteiger partial charge in [-0.25, -0.2) is 4.68 Å². The molecule has 0 saturated carbocycles. The molecule has 0 fully saturated rings. The fraction of sp³-hybridized carbons (Fsp3) is 0.308. The smallest absolute Gasteiger partial charge is 0.272 e. The molecule has 1 atom stereocenters. The first-order chi connectivity index (χ1) is 17.7. The highest BCUT2D eigenvalue weighted by atomic mass is 35.5. The summed E-state index contributed by atoms with van der Waals surface area (Å²) in [7, 11) is 1.69. The molecule has 0 radical (unpaired) electrons.